The SMILES string of the molecule is Cc1cc2c([C@H](O)CNC(C)(C)C)cccc2[nH]c1=O. The zero-order chi connectivity index (χ0) is 14.9. The number of rotatable bonds is 3. The number of fused-ring (bicyclic) bond motifs is 1. The van der Waals surface area contributed by atoms with Gasteiger partial charge < -0.3 is 15.4 Å². The average molecular weight is 274 g/mol. The van der Waals surface area contributed by atoms with Crippen LogP contribution in [-0.2, 0) is 0 Å². The smallest absolute Gasteiger partial charge is 0.251 e. The molecular weight excluding hydrogens is 252 g/mol. The van der Waals surface area contributed by atoms with E-state index in [2.05, 4.69) is 31.1 Å². The molecule has 4 nitrogen and oxygen atoms in total. The number of aliphatic hydroxyl groups excluding tert-OH is 1. The highest BCUT2D eigenvalue weighted by Crippen LogP contribution is 2.23. The number of aromatic nitrogens is 1. The van der Waals surface area contributed by atoms with Crippen LogP contribution in [0.25, 0.3) is 10.9 Å². The Balaban J connectivity index is 2.39. The van der Waals surface area contributed by atoms with Crippen molar-refractivity contribution in [3.8, 4) is 0 Å². The van der Waals surface area contributed by atoms with Crippen LogP contribution >= 0.6 is 0 Å². The first-order chi connectivity index (χ1) is 9.28. The van der Waals surface area contributed by atoms with Crippen molar-refractivity contribution in [1.29, 1.82) is 0 Å². The van der Waals surface area contributed by atoms with Crippen molar-refractivity contribution in [3.63, 3.8) is 0 Å². The molecule has 0 saturated heterocycles. The fourth-order valence-electron chi connectivity index (χ4n) is 2.16. The number of hydrogen-bond donors (Lipinski definition) is 3. The molecule has 2 rings (SSSR count). The third-order valence-electron chi connectivity index (χ3n) is 3.29. The van der Waals surface area contributed by atoms with Gasteiger partial charge in [-0.3, -0.25) is 4.79 Å². The van der Waals surface area contributed by atoms with Crippen LogP contribution in [0.2, 0.25) is 0 Å². The minimum Gasteiger partial charge on any atom is -0.387 e. The second-order valence-corrected chi connectivity index (χ2v) is 6.24. The van der Waals surface area contributed by atoms with Gasteiger partial charge in [0.25, 0.3) is 5.56 Å². The van der Waals surface area contributed by atoms with Gasteiger partial charge >= 0.3 is 0 Å². The Labute approximate surface area is 118 Å². The summed E-state index contributed by atoms with van der Waals surface area (Å²) in [5.41, 5.74) is 2.11. The van der Waals surface area contributed by atoms with Crippen molar-refractivity contribution in [2.24, 2.45) is 0 Å². The predicted molar refractivity (Wildman–Crippen MR) is 82.0 cm³/mol. The van der Waals surface area contributed by atoms with Crippen molar-refractivity contribution in [1.82, 2.24) is 10.3 Å². The normalized spacial score (nSPS) is 13.7. The van der Waals surface area contributed by atoms with Gasteiger partial charge in [-0.2, -0.15) is 0 Å². The zero-order valence-corrected chi connectivity index (χ0v) is 12.4. The van der Waals surface area contributed by atoms with Crippen LogP contribution in [-0.4, -0.2) is 22.2 Å². The Morgan fingerprint density at radius 2 is 2.05 bits per heavy atom. The molecule has 1 atom stereocenters. The topological polar surface area (TPSA) is 65.1 Å². The number of aryl methyl sites for hydroxylation is 1. The highest BCUT2D eigenvalue weighted by atomic mass is 16.3. The maximum Gasteiger partial charge on any atom is 0.251 e. The molecule has 0 spiro atoms. The molecule has 3 N–H and O–H groups in total. The van der Waals surface area contributed by atoms with Gasteiger partial charge in [-0.25, -0.2) is 0 Å². The van der Waals surface area contributed by atoms with Gasteiger partial charge in [0.2, 0.25) is 0 Å². The lowest BCUT2D eigenvalue weighted by atomic mass is 10.0. The van der Waals surface area contributed by atoms with Crippen LogP contribution in [0.5, 0.6) is 0 Å². The monoisotopic (exact) mass is 274 g/mol. The van der Waals surface area contributed by atoms with Crippen molar-refractivity contribution >= 4 is 10.9 Å². The molecular formula is C16H22N2O2. The Hall–Kier alpha value is -1.65. The first kappa shape index (κ1) is 14.8. The van der Waals surface area contributed by atoms with E-state index in [9.17, 15) is 9.90 Å². The molecule has 0 unspecified atom stereocenters. The molecule has 0 bridgehead atoms. The number of H-pyrrole nitrogens is 1. The second-order valence-electron chi connectivity index (χ2n) is 6.24. The third kappa shape index (κ3) is 3.26. The van der Waals surface area contributed by atoms with Crippen molar-refractivity contribution in [2.45, 2.75) is 39.3 Å². The number of hydrogen-bond acceptors (Lipinski definition) is 3. The first-order valence-corrected chi connectivity index (χ1v) is 6.83. The number of β-amino-alcohol motifs (C(OH)–C–C–N with tert-alkyl or cyclic N) is 1. The molecule has 1 aromatic heterocycles. The maximum absolute atomic E-state index is 11.6. The van der Waals surface area contributed by atoms with Crippen LogP contribution < -0.4 is 10.9 Å². The second kappa shape index (κ2) is 5.38. The van der Waals surface area contributed by atoms with Gasteiger partial charge in [0.15, 0.2) is 0 Å². The van der Waals surface area contributed by atoms with E-state index in [1.165, 1.54) is 0 Å². The van der Waals surface area contributed by atoms with E-state index in [4.69, 9.17) is 0 Å². The molecule has 0 amide bonds. The van der Waals surface area contributed by atoms with Crippen LogP contribution in [0.4, 0.5) is 0 Å². The van der Waals surface area contributed by atoms with Gasteiger partial charge in [0, 0.05) is 28.6 Å². The summed E-state index contributed by atoms with van der Waals surface area (Å²) in [6.45, 7) is 8.43. The molecule has 0 aliphatic heterocycles. The first-order valence-electron chi connectivity index (χ1n) is 6.83. The summed E-state index contributed by atoms with van der Waals surface area (Å²) in [5, 5.41) is 14.6. The third-order valence-corrected chi connectivity index (χ3v) is 3.29. The van der Waals surface area contributed by atoms with Crippen LogP contribution in [0, 0.1) is 6.92 Å². The minimum absolute atomic E-state index is 0.0458. The molecule has 0 aliphatic rings. The van der Waals surface area contributed by atoms with Crippen LogP contribution in [0.3, 0.4) is 0 Å². The van der Waals surface area contributed by atoms with E-state index < -0.39 is 6.10 Å². The molecule has 4 heteroatoms. The number of aliphatic hydroxyl groups is 1. The van der Waals surface area contributed by atoms with Gasteiger partial charge in [-0.05, 0) is 45.4 Å². The summed E-state index contributed by atoms with van der Waals surface area (Å²) >= 11 is 0. The zero-order valence-electron chi connectivity index (χ0n) is 12.4. The van der Waals surface area contributed by atoms with E-state index in [1.54, 1.807) is 6.92 Å². The lowest BCUT2D eigenvalue weighted by molar-refractivity contribution is 0.164. The summed E-state index contributed by atoms with van der Waals surface area (Å²) < 4.78 is 0. The Morgan fingerprint density at radius 1 is 1.35 bits per heavy atom. The van der Waals surface area contributed by atoms with Crippen LogP contribution in [0.1, 0.15) is 38.0 Å². The standard InChI is InChI=1S/C16H22N2O2/c1-10-8-12-11(14(19)9-17-16(2,3)4)6-5-7-13(12)18-15(10)20/h5-8,14,17,19H,9H2,1-4H3,(H,18,20)/t14-/m1/s1. The van der Waals surface area contributed by atoms with Crippen molar-refractivity contribution in [3.05, 3.63) is 45.7 Å². The molecule has 108 valence electrons. The number of aromatic amines is 1. The van der Waals surface area contributed by atoms with Gasteiger partial charge in [-0.1, -0.05) is 12.1 Å². The van der Waals surface area contributed by atoms with E-state index in [1.807, 2.05) is 24.3 Å². The molecule has 2 aromatic rings. The molecule has 0 fully saturated rings. The highest BCUT2D eigenvalue weighted by Gasteiger charge is 2.16. The maximum atomic E-state index is 11.6. The minimum atomic E-state index is -0.608. The number of benzene rings is 1. The fraction of sp³-hybridized carbons (Fsp3) is 0.438. The summed E-state index contributed by atoms with van der Waals surface area (Å²) in [6, 6.07) is 7.44. The average Bonchev–Trinajstić information content (AvgIpc) is 2.36. The molecule has 20 heavy (non-hydrogen) atoms. The van der Waals surface area contributed by atoms with E-state index >= 15 is 0 Å². The predicted octanol–water partition coefficient (Wildman–Crippen LogP) is 2.26. The Bertz CT molecular complexity index is 668. The summed E-state index contributed by atoms with van der Waals surface area (Å²) in [6.07, 6.45) is -0.608. The number of nitrogens with one attached hydrogen (secondary N) is 2. The number of pyridine rings is 1. The van der Waals surface area contributed by atoms with Crippen molar-refractivity contribution in [2.75, 3.05) is 6.54 Å². The largest absolute Gasteiger partial charge is 0.387 e. The lowest BCUT2D eigenvalue weighted by Crippen LogP contribution is -2.38. The summed E-state index contributed by atoms with van der Waals surface area (Å²) in [4.78, 5) is 14.5. The van der Waals surface area contributed by atoms with Crippen molar-refractivity contribution < 1.29 is 5.11 Å². The Morgan fingerprint density at radius 3 is 2.70 bits per heavy atom. The fourth-order valence-corrected chi connectivity index (χ4v) is 2.16. The van der Waals surface area contributed by atoms with Crippen LogP contribution in [0.15, 0.2) is 29.1 Å². The quantitative estimate of drug-likeness (QED) is 0.804. The molecule has 0 saturated carbocycles. The van der Waals surface area contributed by atoms with E-state index in [0.717, 1.165) is 16.5 Å². The molecule has 0 aliphatic carbocycles. The molecule has 0 radical (unpaired) electrons. The Kier molecular flexibility index (Phi) is 3.97. The molecule has 1 aromatic carbocycles. The van der Waals surface area contributed by atoms with Gasteiger partial charge in [0.1, 0.15) is 0 Å². The lowest BCUT2D eigenvalue weighted by Gasteiger charge is -2.23. The van der Waals surface area contributed by atoms with E-state index in [0.29, 0.717) is 12.1 Å². The summed E-state index contributed by atoms with van der Waals surface area (Å²) in [5.74, 6) is 0. The van der Waals surface area contributed by atoms with E-state index in [-0.39, 0.29) is 11.1 Å². The van der Waals surface area contributed by atoms with Gasteiger partial charge in [0.05, 0.1) is 6.10 Å². The highest BCUT2D eigenvalue weighted by molar-refractivity contribution is 5.83. The molecule has 1 heterocycles. The van der Waals surface area contributed by atoms with Gasteiger partial charge in [-0.15, -0.1) is 0 Å². The summed E-state index contributed by atoms with van der Waals surface area (Å²) in [7, 11) is 0.